The Labute approximate surface area is 136 Å². The van der Waals surface area contributed by atoms with Crippen LogP contribution >= 0.6 is 0 Å². The number of fused-ring (bicyclic) bond motifs is 1. The zero-order valence-corrected chi connectivity index (χ0v) is 14.0. The fourth-order valence-electron chi connectivity index (χ4n) is 2.90. The quantitative estimate of drug-likeness (QED) is 0.607. The van der Waals surface area contributed by atoms with Crippen LogP contribution in [-0.2, 0) is 5.32 Å². The van der Waals surface area contributed by atoms with Gasteiger partial charge in [-0.2, -0.15) is 0 Å². The first kappa shape index (κ1) is 13.6. The van der Waals surface area contributed by atoms with Crippen molar-refractivity contribution < 1.29 is 0 Å². The first-order valence-corrected chi connectivity index (χ1v) is 10.5. The summed E-state index contributed by atoms with van der Waals surface area (Å²) in [5.74, 6) is 0. The normalized spacial score (nSPS) is 18.4. The van der Waals surface area contributed by atoms with E-state index in [0.717, 1.165) is 0 Å². The van der Waals surface area contributed by atoms with E-state index < -0.39 is 13.9 Å². The maximum absolute atomic E-state index is 2.41. The second-order valence-corrected chi connectivity index (χ2v) is 9.58. The molecule has 1 aliphatic heterocycles. The van der Waals surface area contributed by atoms with Gasteiger partial charge in [-0.15, -0.1) is 0 Å². The Kier molecular flexibility index (Phi) is 3.68. The molecule has 1 aliphatic rings. The van der Waals surface area contributed by atoms with Crippen LogP contribution in [0.15, 0.2) is 84.9 Å². The summed E-state index contributed by atoms with van der Waals surface area (Å²) in [6.07, 6.45) is 2.41. The van der Waals surface area contributed by atoms with Gasteiger partial charge in [0, 0.05) is 0 Å². The Morgan fingerprint density at radius 2 is 1.32 bits per heavy atom. The van der Waals surface area contributed by atoms with Gasteiger partial charge in [-0.1, -0.05) is 0 Å². The van der Waals surface area contributed by atoms with Crippen LogP contribution in [0.4, 0.5) is 0 Å². The van der Waals surface area contributed by atoms with E-state index in [0.29, 0.717) is 0 Å². The molecule has 0 aromatic heterocycles. The average Bonchev–Trinajstić information content (AvgIpc) is 2.95. The molecule has 3 aromatic carbocycles. The van der Waals surface area contributed by atoms with E-state index in [2.05, 4.69) is 91.0 Å². The predicted molar refractivity (Wildman–Crippen MR) is 96.3 cm³/mol. The van der Waals surface area contributed by atoms with E-state index >= 15 is 0 Å². The van der Waals surface area contributed by atoms with Crippen LogP contribution in [0.25, 0.3) is 10.5 Å². The molecule has 106 valence electrons. The molecule has 0 bridgehead atoms. The molecule has 0 nitrogen and oxygen atoms in total. The summed E-state index contributed by atoms with van der Waals surface area (Å²) in [7, 11) is 0. The molecule has 0 N–H and O–H groups in total. The van der Waals surface area contributed by atoms with Crippen LogP contribution in [0.5, 0.6) is 0 Å². The van der Waals surface area contributed by atoms with E-state index in [9.17, 15) is 0 Å². The molecule has 3 aromatic rings. The predicted octanol–water partition coefficient (Wildman–Crippen LogP) is 4.26. The molecule has 0 amide bonds. The van der Waals surface area contributed by atoms with Crippen molar-refractivity contribution in [2.45, 2.75) is 5.32 Å². The molecule has 1 unspecified atom stereocenters. The average molecular weight is 348 g/mol. The van der Waals surface area contributed by atoms with Crippen molar-refractivity contribution in [3.63, 3.8) is 0 Å². The molecule has 0 saturated heterocycles. The van der Waals surface area contributed by atoms with Crippen LogP contribution in [-0.4, -0.2) is 13.9 Å². The summed E-state index contributed by atoms with van der Waals surface area (Å²) in [4.78, 5) is 0. The van der Waals surface area contributed by atoms with Gasteiger partial charge in [-0.3, -0.25) is 0 Å². The first-order chi connectivity index (χ1) is 10.9. The molecule has 0 aliphatic carbocycles. The van der Waals surface area contributed by atoms with Gasteiger partial charge < -0.3 is 0 Å². The van der Waals surface area contributed by atoms with Crippen molar-refractivity contribution >= 4 is 28.9 Å². The second-order valence-electron chi connectivity index (χ2n) is 5.42. The molecule has 22 heavy (non-hydrogen) atoms. The number of hydrogen-bond donors (Lipinski definition) is 0. The molecule has 0 spiro atoms. The number of hydrogen-bond acceptors (Lipinski definition) is 0. The first-order valence-electron chi connectivity index (χ1n) is 7.53. The van der Waals surface area contributed by atoms with Gasteiger partial charge in [0.2, 0.25) is 0 Å². The van der Waals surface area contributed by atoms with E-state index in [-0.39, 0.29) is 0 Å². The molecule has 0 fully saturated rings. The third-order valence-electron chi connectivity index (χ3n) is 3.97. The zero-order chi connectivity index (χ0) is 14.8. The van der Waals surface area contributed by atoms with Crippen molar-refractivity contribution in [2.24, 2.45) is 0 Å². The summed E-state index contributed by atoms with van der Waals surface area (Å²) in [6, 6.07) is 30.7. The minimum absolute atomic E-state index is 0.990. The fraction of sp³-hybridized carbons (Fsp3) is 0.0476. The summed E-state index contributed by atoms with van der Waals surface area (Å²) in [5, 5.41) is 1.22. The summed E-state index contributed by atoms with van der Waals surface area (Å²) in [5.41, 5.74) is 4.28. The molecule has 1 atom stereocenters. The van der Waals surface area contributed by atoms with E-state index in [4.69, 9.17) is 0 Å². The molecule has 0 saturated carbocycles. The van der Waals surface area contributed by atoms with Crippen molar-refractivity contribution in [3.05, 3.63) is 102 Å². The van der Waals surface area contributed by atoms with Crippen molar-refractivity contribution in [3.8, 4) is 0 Å². The molecule has 1 heteroatoms. The summed E-state index contributed by atoms with van der Waals surface area (Å²) >= 11 is -0.990. The van der Waals surface area contributed by atoms with Gasteiger partial charge in [0.25, 0.3) is 0 Å². The van der Waals surface area contributed by atoms with Gasteiger partial charge in [-0.25, -0.2) is 0 Å². The second kappa shape index (κ2) is 5.96. The Bertz CT molecular complexity index is 804. The Hall–Kier alpha value is -2.08. The van der Waals surface area contributed by atoms with Crippen molar-refractivity contribution in [1.29, 1.82) is 0 Å². The van der Waals surface area contributed by atoms with Gasteiger partial charge in [-0.05, 0) is 0 Å². The van der Waals surface area contributed by atoms with Gasteiger partial charge in [0.05, 0.1) is 0 Å². The maximum atomic E-state index is 2.41. The van der Waals surface area contributed by atoms with Crippen LogP contribution in [0, 0.1) is 0 Å². The third kappa shape index (κ3) is 2.54. The Morgan fingerprint density at radius 1 is 0.682 bits per heavy atom. The molecule has 1 heterocycles. The standard InChI is InChI=1S/C21H17Se/c1-3-9-17(10-4-1)15-21-20-14-8-7-11-18(20)16-22(21)19-12-5-2-6-13-19/h1-15H,16H2/q+1/b21-15+. The van der Waals surface area contributed by atoms with E-state index in [1.165, 1.54) is 26.5 Å². The monoisotopic (exact) mass is 349 g/mol. The van der Waals surface area contributed by atoms with E-state index in [1.807, 2.05) is 0 Å². The van der Waals surface area contributed by atoms with Gasteiger partial charge in [0.1, 0.15) is 0 Å². The van der Waals surface area contributed by atoms with Crippen molar-refractivity contribution in [2.75, 3.05) is 0 Å². The van der Waals surface area contributed by atoms with Crippen LogP contribution in [0.1, 0.15) is 16.7 Å². The fourth-order valence-corrected chi connectivity index (χ4v) is 7.86. The van der Waals surface area contributed by atoms with Crippen LogP contribution in [0.3, 0.4) is 0 Å². The van der Waals surface area contributed by atoms with Crippen LogP contribution in [0.2, 0.25) is 0 Å². The van der Waals surface area contributed by atoms with E-state index in [1.54, 1.807) is 4.47 Å². The number of rotatable bonds is 2. The summed E-state index contributed by atoms with van der Waals surface area (Å²) < 4.78 is 3.09. The number of benzene rings is 3. The van der Waals surface area contributed by atoms with Crippen molar-refractivity contribution in [1.82, 2.24) is 0 Å². The SMILES string of the molecule is C(=C1/c2ccccc2C[Se+]1c1ccccc1)/c1ccccc1. The minimum atomic E-state index is -0.990. The molecule has 0 radical (unpaired) electrons. The molecular formula is C21H17Se+. The van der Waals surface area contributed by atoms with Gasteiger partial charge in [0.15, 0.2) is 0 Å². The third-order valence-corrected chi connectivity index (χ3v) is 8.82. The zero-order valence-electron chi connectivity index (χ0n) is 12.3. The van der Waals surface area contributed by atoms with Crippen LogP contribution < -0.4 is 4.46 Å². The topological polar surface area (TPSA) is 0 Å². The van der Waals surface area contributed by atoms with Gasteiger partial charge >= 0.3 is 136 Å². The summed E-state index contributed by atoms with van der Waals surface area (Å²) in [6.45, 7) is 0. The molecule has 4 rings (SSSR count). The Balaban J connectivity index is 1.85. The molecular weight excluding hydrogens is 331 g/mol. The Morgan fingerprint density at radius 3 is 2.09 bits per heavy atom.